The molecular weight excluding hydrogens is 389 g/mol. The van der Waals surface area contributed by atoms with Crippen molar-refractivity contribution in [2.45, 2.75) is 26.2 Å². The third-order valence-corrected chi connectivity index (χ3v) is 4.58. The number of hydrogen-bond acceptors (Lipinski definition) is 1. The molecule has 0 aliphatic rings. The minimum absolute atomic E-state index is 0.698. The predicted octanol–water partition coefficient (Wildman–Crippen LogP) is 7.33. The summed E-state index contributed by atoms with van der Waals surface area (Å²) >= 11 is 12.0. The van der Waals surface area contributed by atoms with E-state index in [0.717, 1.165) is 49.7 Å². The highest BCUT2D eigenvalue weighted by atomic mass is 35.5. The van der Waals surface area contributed by atoms with E-state index < -0.39 is 0 Å². The van der Waals surface area contributed by atoms with Crippen LogP contribution in [0.3, 0.4) is 0 Å². The fourth-order valence-electron chi connectivity index (χ4n) is 2.57. The van der Waals surface area contributed by atoms with Crippen LogP contribution in [0, 0.1) is 0 Å². The maximum absolute atomic E-state index is 6.03. The minimum atomic E-state index is 0.698. The number of nitrogens with zero attached hydrogens (tertiary/aromatic N) is 2. The van der Waals surface area contributed by atoms with Gasteiger partial charge in [0.2, 0.25) is 5.96 Å². The Kier molecular flexibility index (Phi) is 9.67. The topological polar surface area (TPSA) is 27.6 Å². The van der Waals surface area contributed by atoms with Gasteiger partial charge >= 0.3 is 0 Å². The standard InChI is InChI=1S/C23H27Cl2N3/c1-3-5-7-8-18-28(17-6-4-2)23(26-21-13-9-19(24)10-14-21)27-22-15-11-20(25)12-16-22/h3,5,7,9-16H,1,4,6,8,17-18H2,2H3,(H,26,27)/b7-5+. The van der Waals surface area contributed by atoms with Gasteiger partial charge in [0.25, 0.3) is 0 Å². The van der Waals surface area contributed by atoms with Crippen LogP contribution >= 0.6 is 23.2 Å². The van der Waals surface area contributed by atoms with Crippen LogP contribution < -0.4 is 5.32 Å². The number of anilines is 1. The van der Waals surface area contributed by atoms with Gasteiger partial charge in [0.1, 0.15) is 0 Å². The van der Waals surface area contributed by atoms with Crippen LogP contribution in [-0.4, -0.2) is 23.9 Å². The van der Waals surface area contributed by atoms with Crippen molar-refractivity contribution in [1.82, 2.24) is 4.90 Å². The van der Waals surface area contributed by atoms with Crippen molar-refractivity contribution in [3.63, 3.8) is 0 Å². The van der Waals surface area contributed by atoms with Crippen molar-refractivity contribution in [1.29, 1.82) is 0 Å². The van der Waals surface area contributed by atoms with Gasteiger partial charge in [-0.1, -0.05) is 61.4 Å². The summed E-state index contributed by atoms with van der Waals surface area (Å²) in [5.41, 5.74) is 1.80. The van der Waals surface area contributed by atoms with E-state index in [2.05, 4.69) is 29.8 Å². The molecule has 148 valence electrons. The predicted molar refractivity (Wildman–Crippen MR) is 124 cm³/mol. The molecule has 0 spiro atoms. The van der Waals surface area contributed by atoms with E-state index >= 15 is 0 Å². The quantitative estimate of drug-likeness (QED) is 0.263. The number of rotatable bonds is 9. The Balaban J connectivity index is 2.30. The molecule has 3 nitrogen and oxygen atoms in total. The van der Waals surface area contributed by atoms with Gasteiger partial charge in [0, 0.05) is 28.8 Å². The summed E-state index contributed by atoms with van der Waals surface area (Å²) in [5, 5.41) is 4.86. The molecule has 0 aliphatic carbocycles. The molecule has 0 heterocycles. The molecule has 28 heavy (non-hydrogen) atoms. The number of halogens is 2. The summed E-state index contributed by atoms with van der Waals surface area (Å²) in [6, 6.07) is 15.2. The lowest BCUT2D eigenvalue weighted by atomic mass is 10.2. The number of hydrogen-bond donors (Lipinski definition) is 1. The zero-order valence-electron chi connectivity index (χ0n) is 16.2. The van der Waals surface area contributed by atoms with Crippen molar-refractivity contribution in [3.05, 3.63) is 83.4 Å². The molecule has 0 aromatic heterocycles. The van der Waals surface area contributed by atoms with E-state index in [4.69, 9.17) is 28.2 Å². The highest BCUT2D eigenvalue weighted by Crippen LogP contribution is 2.19. The molecule has 2 aromatic carbocycles. The first kappa shape index (κ1) is 22.1. The first-order chi connectivity index (χ1) is 13.6. The average Bonchev–Trinajstić information content (AvgIpc) is 2.70. The number of allylic oxidation sites excluding steroid dienone is 2. The maximum Gasteiger partial charge on any atom is 0.203 e. The second kappa shape index (κ2) is 12.3. The second-order valence-electron chi connectivity index (χ2n) is 6.34. The van der Waals surface area contributed by atoms with Crippen LogP contribution in [0.4, 0.5) is 11.4 Å². The Morgan fingerprint density at radius 1 is 1.04 bits per heavy atom. The SMILES string of the molecule is C=C/C=C/CCN(CCCC)C(=Nc1ccc(Cl)cc1)Nc1ccc(Cl)cc1. The molecule has 0 unspecified atom stereocenters. The molecule has 0 saturated carbocycles. The Hall–Kier alpha value is -2.23. The van der Waals surface area contributed by atoms with E-state index in [-0.39, 0.29) is 0 Å². The van der Waals surface area contributed by atoms with E-state index in [1.165, 1.54) is 0 Å². The van der Waals surface area contributed by atoms with Gasteiger partial charge in [-0.05, 0) is 61.4 Å². The molecule has 0 saturated heterocycles. The highest BCUT2D eigenvalue weighted by molar-refractivity contribution is 6.30. The molecule has 0 atom stereocenters. The zero-order valence-corrected chi connectivity index (χ0v) is 17.8. The molecule has 0 amide bonds. The first-order valence-electron chi connectivity index (χ1n) is 9.51. The molecule has 1 N–H and O–H groups in total. The minimum Gasteiger partial charge on any atom is -0.342 e. The fourth-order valence-corrected chi connectivity index (χ4v) is 2.83. The van der Waals surface area contributed by atoms with E-state index in [1.807, 2.05) is 54.6 Å². The van der Waals surface area contributed by atoms with Gasteiger partial charge in [-0.15, -0.1) is 0 Å². The number of benzene rings is 2. The van der Waals surface area contributed by atoms with Gasteiger partial charge in [-0.25, -0.2) is 4.99 Å². The Morgan fingerprint density at radius 3 is 2.29 bits per heavy atom. The van der Waals surface area contributed by atoms with Gasteiger partial charge in [0.05, 0.1) is 5.69 Å². The average molecular weight is 416 g/mol. The monoisotopic (exact) mass is 415 g/mol. The van der Waals surface area contributed by atoms with Crippen molar-refractivity contribution in [2.75, 3.05) is 18.4 Å². The van der Waals surface area contributed by atoms with E-state index in [9.17, 15) is 0 Å². The Labute approximate surface area is 178 Å². The largest absolute Gasteiger partial charge is 0.342 e. The Bertz CT molecular complexity index is 780. The summed E-state index contributed by atoms with van der Waals surface area (Å²) in [5.74, 6) is 0.810. The molecule has 2 rings (SSSR count). The van der Waals surface area contributed by atoms with Gasteiger partial charge in [0.15, 0.2) is 0 Å². The van der Waals surface area contributed by atoms with E-state index in [1.54, 1.807) is 6.08 Å². The van der Waals surface area contributed by atoms with Crippen LogP contribution in [0.2, 0.25) is 10.0 Å². The summed E-state index contributed by atoms with van der Waals surface area (Å²) in [6.45, 7) is 7.70. The van der Waals surface area contributed by atoms with Crippen LogP contribution in [0.1, 0.15) is 26.2 Å². The molecule has 5 heteroatoms. The molecule has 2 aromatic rings. The second-order valence-corrected chi connectivity index (χ2v) is 7.21. The summed E-state index contributed by atoms with van der Waals surface area (Å²) in [7, 11) is 0. The van der Waals surface area contributed by atoms with E-state index in [0.29, 0.717) is 10.0 Å². The normalized spacial score (nSPS) is 11.6. The third kappa shape index (κ3) is 7.79. The smallest absolute Gasteiger partial charge is 0.203 e. The number of aliphatic imine (C=N–C) groups is 1. The summed E-state index contributed by atoms with van der Waals surface area (Å²) < 4.78 is 0. The third-order valence-electron chi connectivity index (χ3n) is 4.08. The lowest BCUT2D eigenvalue weighted by Gasteiger charge is -2.26. The molecule has 0 fully saturated rings. The van der Waals surface area contributed by atoms with Gasteiger partial charge < -0.3 is 10.2 Å². The van der Waals surface area contributed by atoms with Crippen LogP contribution in [-0.2, 0) is 0 Å². The van der Waals surface area contributed by atoms with Crippen LogP contribution in [0.15, 0.2) is 78.3 Å². The lowest BCUT2D eigenvalue weighted by molar-refractivity contribution is 0.413. The van der Waals surface area contributed by atoms with Crippen LogP contribution in [0.25, 0.3) is 0 Å². The van der Waals surface area contributed by atoms with Gasteiger partial charge in [-0.2, -0.15) is 0 Å². The van der Waals surface area contributed by atoms with Gasteiger partial charge in [-0.3, -0.25) is 0 Å². The molecule has 0 aliphatic heterocycles. The Morgan fingerprint density at radius 2 is 1.68 bits per heavy atom. The number of guanidine groups is 1. The van der Waals surface area contributed by atoms with Crippen molar-refractivity contribution in [2.24, 2.45) is 4.99 Å². The molecule has 0 radical (unpaired) electrons. The molecule has 0 bridgehead atoms. The fraction of sp³-hybridized carbons (Fsp3) is 0.261. The first-order valence-corrected chi connectivity index (χ1v) is 10.3. The zero-order chi connectivity index (χ0) is 20.2. The number of unbranched alkanes of at least 4 members (excludes halogenated alkanes) is 1. The summed E-state index contributed by atoms with van der Waals surface area (Å²) in [6.07, 6.45) is 9.01. The lowest BCUT2D eigenvalue weighted by Crippen LogP contribution is -2.37. The van der Waals surface area contributed by atoms with Crippen LogP contribution in [0.5, 0.6) is 0 Å². The molecular formula is C23H27Cl2N3. The van der Waals surface area contributed by atoms with Crippen molar-refractivity contribution < 1.29 is 0 Å². The van der Waals surface area contributed by atoms with Crippen molar-refractivity contribution >= 4 is 40.5 Å². The summed E-state index contributed by atoms with van der Waals surface area (Å²) in [4.78, 5) is 7.14. The highest BCUT2D eigenvalue weighted by Gasteiger charge is 2.12. The maximum atomic E-state index is 6.03. The number of nitrogens with one attached hydrogen (secondary N) is 1. The van der Waals surface area contributed by atoms with Crippen molar-refractivity contribution in [3.8, 4) is 0 Å².